The number of ether oxygens (including phenoxy) is 1. The summed E-state index contributed by atoms with van der Waals surface area (Å²) in [5.41, 5.74) is 8.35. The van der Waals surface area contributed by atoms with Crippen LogP contribution in [0.2, 0.25) is 5.02 Å². The van der Waals surface area contributed by atoms with Gasteiger partial charge < -0.3 is 20.4 Å². The Morgan fingerprint density at radius 3 is 2.64 bits per heavy atom. The third-order valence-corrected chi connectivity index (χ3v) is 8.24. The molecule has 0 saturated carbocycles. The van der Waals surface area contributed by atoms with Crippen LogP contribution in [-0.4, -0.2) is 42.3 Å². The van der Waals surface area contributed by atoms with E-state index in [1.54, 1.807) is 55.2 Å². The molecule has 4 heterocycles. The van der Waals surface area contributed by atoms with E-state index in [2.05, 4.69) is 15.3 Å². The Labute approximate surface area is 256 Å². The fourth-order valence-corrected chi connectivity index (χ4v) is 5.91. The highest BCUT2D eigenvalue weighted by Crippen LogP contribution is 2.45. The molecule has 6 aromatic rings. The van der Waals surface area contributed by atoms with Crippen molar-refractivity contribution in [2.24, 2.45) is 0 Å². The lowest BCUT2D eigenvalue weighted by atomic mass is 9.83. The van der Waals surface area contributed by atoms with Gasteiger partial charge in [0.1, 0.15) is 40.1 Å². The maximum Gasteiger partial charge on any atom is 0.243 e. The van der Waals surface area contributed by atoms with Gasteiger partial charge in [-0.25, -0.2) is 19.3 Å². The number of hydrogen-bond acceptors (Lipinski definition) is 7. The predicted octanol–water partition coefficient (Wildman–Crippen LogP) is 5.43. The average molecular weight is 609 g/mol. The van der Waals surface area contributed by atoms with Crippen molar-refractivity contribution in [1.82, 2.24) is 29.3 Å². The minimum absolute atomic E-state index is 0.121. The summed E-state index contributed by atoms with van der Waals surface area (Å²) >= 11 is 6.33. The normalized spacial score (nSPS) is 15.9. The largest absolute Gasteiger partial charge is 0.497 e. The molecular formula is C32H26ClFN8O2. The molecule has 0 bridgehead atoms. The summed E-state index contributed by atoms with van der Waals surface area (Å²) in [5, 5.41) is 8.86. The quantitative estimate of drug-likeness (QED) is 0.248. The molecule has 3 aromatic heterocycles. The van der Waals surface area contributed by atoms with Crippen molar-refractivity contribution in [3.05, 3.63) is 112 Å². The second kappa shape index (κ2) is 10.5. The number of amides is 1. The number of nitrogen functional groups attached to an aromatic ring is 1. The van der Waals surface area contributed by atoms with Crippen molar-refractivity contribution >= 4 is 40.0 Å². The van der Waals surface area contributed by atoms with Crippen molar-refractivity contribution in [3.8, 4) is 17.3 Å². The maximum absolute atomic E-state index is 14.5. The highest BCUT2D eigenvalue weighted by Gasteiger charge is 2.50. The molecular weight excluding hydrogens is 583 g/mol. The Bertz CT molecular complexity index is 2070. The number of carbonyl (C=O) groups excluding carboxylic acids is 1. The molecule has 0 fully saturated rings. The van der Waals surface area contributed by atoms with Crippen LogP contribution < -0.4 is 15.8 Å². The van der Waals surface area contributed by atoms with Crippen LogP contribution in [0, 0.1) is 5.82 Å². The number of benzene rings is 3. The van der Waals surface area contributed by atoms with Gasteiger partial charge in [0.05, 0.1) is 24.7 Å². The zero-order chi connectivity index (χ0) is 30.6. The summed E-state index contributed by atoms with van der Waals surface area (Å²) in [6.07, 6.45) is 3.47. The van der Waals surface area contributed by atoms with Crippen molar-refractivity contribution in [2.45, 2.75) is 25.4 Å². The number of halogens is 2. The van der Waals surface area contributed by atoms with Gasteiger partial charge in [0, 0.05) is 34.9 Å². The molecule has 1 unspecified atom stereocenters. The minimum Gasteiger partial charge on any atom is -0.497 e. The fraction of sp³-hybridized carbons (Fsp3) is 0.156. The standard InChI is InChI=1S/C32H26ClFN8O2/c1-32(30-36-13-14-41(30)16-18-7-10-21(44-2)11-8-18)25-27(35)37-29(38-28(25)39-31(32)43)26-22-12-9-20(33)15-24(22)42(40-26)17-19-5-3-4-6-23(19)34/h3-15H,16-17H2,1-2H3,(H3,35,37,38,39,43). The number of nitrogens with two attached hydrogens (primary N) is 1. The van der Waals surface area contributed by atoms with Gasteiger partial charge in [0.25, 0.3) is 0 Å². The second-order valence-electron chi connectivity index (χ2n) is 10.7. The van der Waals surface area contributed by atoms with E-state index in [9.17, 15) is 9.18 Å². The van der Waals surface area contributed by atoms with E-state index in [0.29, 0.717) is 45.1 Å². The van der Waals surface area contributed by atoms with Crippen LogP contribution in [-0.2, 0) is 23.3 Å². The highest BCUT2D eigenvalue weighted by atomic mass is 35.5. The maximum atomic E-state index is 14.5. The molecule has 0 saturated heterocycles. The summed E-state index contributed by atoms with van der Waals surface area (Å²) in [5.74, 6) is 1.21. The van der Waals surface area contributed by atoms with Crippen LogP contribution in [0.15, 0.2) is 79.1 Å². The van der Waals surface area contributed by atoms with Crippen LogP contribution in [0.1, 0.15) is 29.4 Å². The Morgan fingerprint density at radius 2 is 1.86 bits per heavy atom. The highest BCUT2D eigenvalue weighted by molar-refractivity contribution is 6.31. The average Bonchev–Trinajstić information content (AvgIpc) is 3.69. The van der Waals surface area contributed by atoms with Gasteiger partial charge in [-0.1, -0.05) is 41.9 Å². The van der Waals surface area contributed by atoms with Crippen LogP contribution in [0.3, 0.4) is 0 Å². The van der Waals surface area contributed by atoms with E-state index < -0.39 is 5.41 Å². The molecule has 1 atom stereocenters. The van der Waals surface area contributed by atoms with Crippen molar-refractivity contribution in [1.29, 1.82) is 0 Å². The number of aromatic nitrogens is 6. The molecule has 7 rings (SSSR count). The summed E-state index contributed by atoms with van der Waals surface area (Å²) in [6.45, 7) is 2.40. The fourth-order valence-electron chi connectivity index (χ4n) is 5.75. The van der Waals surface area contributed by atoms with Gasteiger partial charge in [-0.3, -0.25) is 9.48 Å². The molecule has 44 heavy (non-hydrogen) atoms. The molecule has 220 valence electrons. The Hall–Kier alpha value is -5.29. The summed E-state index contributed by atoms with van der Waals surface area (Å²) in [6, 6.07) is 19.5. The molecule has 10 nitrogen and oxygen atoms in total. The number of methoxy groups -OCH3 is 1. The number of nitrogens with zero attached hydrogens (tertiary/aromatic N) is 6. The second-order valence-corrected chi connectivity index (χ2v) is 11.2. The van der Waals surface area contributed by atoms with Crippen LogP contribution in [0.5, 0.6) is 5.75 Å². The molecule has 0 radical (unpaired) electrons. The number of fused-ring (bicyclic) bond motifs is 2. The first-order chi connectivity index (χ1) is 21.3. The zero-order valence-corrected chi connectivity index (χ0v) is 24.5. The van der Waals surface area contributed by atoms with E-state index in [1.165, 1.54) is 6.07 Å². The molecule has 1 aliphatic heterocycles. The predicted molar refractivity (Wildman–Crippen MR) is 165 cm³/mol. The van der Waals surface area contributed by atoms with E-state index in [1.807, 2.05) is 41.1 Å². The van der Waals surface area contributed by atoms with E-state index in [-0.39, 0.29) is 35.7 Å². The number of rotatable bonds is 7. The van der Waals surface area contributed by atoms with Crippen molar-refractivity contribution in [2.75, 3.05) is 18.2 Å². The van der Waals surface area contributed by atoms with Gasteiger partial charge in [0.2, 0.25) is 5.91 Å². The first-order valence-corrected chi connectivity index (χ1v) is 14.2. The summed E-state index contributed by atoms with van der Waals surface area (Å²) in [4.78, 5) is 27.6. The third kappa shape index (κ3) is 4.44. The lowest BCUT2D eigenvalue weighted by molar-refractivity contribution is -0.119. The van der Waals surface area contributed by atoms with Crippen molar-refractivity contribution < 1.29 is 13.9 Å². The molecule has 0 spiro atoms. The monoisotopic (exact) mass is 608 g/mol. The zero-order valence-electron chi connectivity index (χ0n) is 23.8. The van der Waals surface area contributed by atoms with E-state index in [0.717, 1.165) is 11.3 Å². The van der Waals surface area contributed by atoms with Crippen LogP contribution in [0.25, 0.3) is 22.4 Å². The molecule has 3 aromatic carbocycles. The topological polar surface area (TPSA) is 126 Å². The lowest BCUT2D eigenvalue weighted by Gasteiger charge is -2.23. The Balaban J connectivity index is 1.30. The van der Waals surface area contributed by atoms with Gasteiger partial charge in [-0.2, -0.15) is 5.10 Å². The van der Waals surface area contributed by atoms with Gasteiger partial charge in [0.15, 0.2) is 5.82 Å². The number of anilines is 2. The molecule has 12 heteroatoms. The first-order valence-electron chi connectivity index (χ1n) is 13.8. The number of nitrogens with one attached hydrogen (secondary N) is 1. The molecule has 3 N–H and O–H groups in total. The van der Waals surface area contributed by atoms with Crippen LogP contribution >= 0.6 is 11.6 Å². The van der Waals surface area contributed by atoms with Gasteiger partial charge in [-0.05, 0) is 48.9 Å². The Morgan fingerprint density at radius 1 is 1.07 bits per heavy atom. The first kappa shape index (κ1) is 27.5. The smallest absolute Gasteiger partial charge is 0.243 e. The number of hydrogen-bond donors (Lipinski definition) is 2. The third-order valence-electron chi connectivity index (χ3n) is 8.00. The van der Waals surface area contributed by atoms with Crippen molar-refractivity contribution in [3.63, 3.8) is 0 Å². The lowest BCUT2D eigenvalue weighted by Crippen LogP contribution is -2.36. The van der Waals surface area contributed by atoms with E-state index >= 15 is 0 Å². The molecule has 0 aliphatic carbocycles. The molecule has 1 aliphatic rings. The summed E-state index contributed by atoms with van der Waals surface area (Å²) < 4.78 is 23.4. The number of imidazole rings is 1. The SMILES string of the molecule is COc1ccc(Cn2ccnc2C2(C)C(=O)Nc3nc(-c4nn(Cc5ccccc5F)c5cc(Cl)ccc45)nc(N)c32)cc1. The Kier molecular flexibility index (Phi) is 6.54. The molecule has 1 amide bonds. The van der Waals surface area contributed by atoms with Gasteiger partial charge >= 0.3 is 0 Å². The number of carbonyl (C=O) groups is 1. The van der Waals surface area contributed by atoms with Gasteiger partial charge in [-0.15, -0.1) is 0 Å². The van der Waals surface area contributed by atoms with E-state index in [4.69, 9.17) is 32.2 Å². The van der Waals surface area contributed by atoms with Crippen LogP contribution in [0.4, 0.5) is 16.0 Å². The summed E-state index contributed by atoms with van der Waals surface area (Å²) in [7, 11) is 1.62. The minimum atomic E-state index is -1.26.